The Bertz CT molecular complexity index is 937. The Hall–Kier alpha value is -2.61. The van der Waals surface area contributed by atoms with Gasteiger partial charge in [-0.2, -0.15) is 4.68 Å². The van der Waals surface area contributed by atoms with Gasteiger partial charge in [-0.05, 0) is 36.4 Å². The first-order valence-corrected chi connectivity index (χ1v) is 8.39. The third kappa shape index (κ3) is 2.80. The largest absolute Gasteiger partial charge is 0.297 e. The standard InChI is InChI=1S/C16H18N6OS/c1-11(2)10-24-16-17-18-19-21(16)14-12(3)20(4)22(15(14)23)13-8-6-5-7-9-13/h5-9H,1,10H2,2-4H3. The molecule has 0 aliphatic rings. The molecule has 0 radical (unpaired) electrons. The fourth-order valence-electron chi connectivity index (χ4n) is 2.40. The Kier molecular flexibility index (Phi) is 4.39. The third-order valence-corrected chi connectivity index (χ3v) is 4.77. The summed E-state index contributed by atoms with van der Waals surface area (Å²) >= 11 is 1.45. The predicted octanol–water partition coefficient (Wildman–Crippen LogP) is 2.13. The molecule has 8 heteroatoms. The zero-order valence-corrected chi connectivity index (χ0v) is 14.6. The molecule has 24 heavy (non-hydrogen) atoms. The van der Waals surface area contributed by atoms with E-state index >= 15 is 0 Å². The van der Waals surface area contributed by atoms with Crippen LogP contribution in [0.3, 0.4) is 0 Å². The Morgan fingerprint density at radius 3 is 2.67 bits per heavy atom. The maximum atomic E-state index is 13.0. The predicted molar refractivity (Wildman–Crippen MR) is 94.0 cm³/mol. The minimum Gasteiger partial charge on any atom is -0.283 e. The van der Waals surface area contributed by atoms with E-state index in [0.717, 1.165) is 17.0 Å². The van der Waals surface area contributed by atoms with Crippen LogP contribution in [-0.4, -0.2) is 35.3 Å². The first kappa shape index (κ1) is 16.3. The summed E-state index contributed by atoms with van der Waals surface area (Å²) in [6.07, 6.45) is 0. The highest BCUT2D eigenvalue weighted by Gasteiger charge is 2.21. The van der Waals surface area contributed by atoms with Crippen molar-refractivity contribution < 1.29 is 0 Å². The molecule has 0 saturated heterocycles. The molecule has 0 bridgehead atoms. The molecule has 0 atom stereocenters. The highest BCUT2D eigenvalue weighted by molar-refractivity contribution is 7.99. The second kappa shape index (κ2) is 6.48. The van der Waals surface area contributed by atoms with Crippen molar-refractivity contribution in [3.8, 4) is 11.4 Å². The molecular weight excluding hydrogens is 324 g/mol. The molecule has 0 fully saturated rings. The summed E-state index contributed by atoms with van der Waals surface area (Å²) in [5.41, 5.74) is 2.89. The molecule has 1 aromatic carbocycles. The Labute approximate surface area is 143 Å². The van der Waals surface area contributed by atoms with E-state index in [-0.39, 0.29) is 5.56 Å². The molecule has 0 spiro atoms. The van der Waals surface area contributed by atoms with Crippen molar-refractivity contribution in [2.24, 2.45) is 7.05 Å². The van der Waals surface area contributed by atoms with Crippen LogP contribution in [0, 0.1) is 6.92 Å². The number of hydrogen-bond acceptors (Lipinski definition) is 5. The number of aromatic nitrogens is 6. The lowest BCUT2D eigenvalue weighted by molar-refractivity contribution is 0.630. The Morgan fingerprint density at radius 2 is 2.00 bits per heavy atom. The van der Waals surface area contributed by atoms with Crippen molar-refractivity contribution in [1.82, 2.24) is 29.6 Å². The zero-order chi connectivity index (χ0) is 17.3. The molecule has 0 saturated carbocycles. The van der Waals surface area contributed by atoms with Crippen LogP contribution in [0.4, 0.5) is 0 Å². The highest BCUT2D eigenvalue weighted by atomic mass is 32.2. The number of benzene rings is 1. The Balaban J connectivity index is 2.13. The second-order valence-electron chi connectivity index (χ2n) is 5.53. The van der Waals surface area contributed by atoms with Crippen molar-refractivity contribution in [3.05, 3.63) is 58.5 Å². The smallest absolute Gasteiger partial charge is 0.283 e. The lowest BCUT2D eigenvalue weighted by Crippen LogP contribution is -2.22. The van der Waals surface area contributed by atoms with Crippen molar-refractivity contribution in [2.45, 2.75) is 19.0 Å². The minimum atomic E-state index is -0.161. The maximum absolute atomic E-state index is 13.0. The molecular formula is C16H18N6OS. The van der Waals surface area contributed by atoms with E-state index in [2.05, 4.69) is 22.1 Å². The molecule has 0 unspecified atom stereocenters. The van der Waals surface area contributed by atoms with E-state index < -0.39 is 0 Å². The van der Waals surface area contributed by atoms with Gasteiger partial charge >= 0.3 is 0 Å². The summed E-state index contributed by atoms with van der Waals surface area (Å²) < 4.78 is 4.92. The topological polar surface area (TPSA) is 70.5 Å². The zero-order valence-electron chi connectivity index (χ0n) is 13.8. The first-order valence-electron chi connectivity index (χ1n) is 7.40. The van der Waals surface area contributed by atoms with Gasteiger partial charge in [0, 0.05) is 12.8 Å². The molecule has 0 aliphatic carbocycles. The van der Waals surface area contributed by atoms with Gasteiger partial charge in [0.2, 0.25) is 5.16 Å². The van der Waals surface area contributed by atoms with Gasteiger partial charge in [-0.1, -0.05) is 42.1 Å². The van der Waals surface area contributed by atoms with Crippen LogP contribution in [0.15, 0.2) is 52.4 Å². The number of nitrogens with zero attached hydrogens (tertiary/aromatic N) is 6. The van der Waals surface area contributed by atoms with Crippen LogP contribution in [0.2, 0.25) is 0 Å². The van der Waals surface area contributed by atoms with Crippen LogP contribution in [0.25, 0.3) is 11.4 Å². The molecule has 124 valence electrons. The third-order valence-electron chi connectivity index (χ3n) is 3.62. The molecule has 2 heterocycles. The van der Waals surface area contributed by atoms with Crippen molar-refractivity contribution in [3.63, 3.8) is 0 Å². The van der Waals surface area contributed by atoms with Gasteiger partial charge in [0.15, 0.2) is 5.69 Å². The summed E-state index contributed by atoms with van der Waals surface area (Å²) in [4.78, 5) is 13.0. The Morgan fingerprint density at radius 1 is 1.29 bits per heavy atom. The molecule has 3 rings (SSSR count). The monoisotopic (exact) mass is 342 g/mol. The van der Waals surface area contributed by atoms with Crippen LogP contribution in [0.1, 0.15) is 12.6 Å². The van der Waals surface area contributed by atoms with Crippen LogP contribution in [0.5, 0.6) is 0 Å². The van der Waals surface area contributed by atoms with Crippen LogP contribution < -0.4 is 5.56 Å². The van der Waals surface area contributed by atoms with Gasteiger partial charge < -0.3 is 0 Å². The summed E-state index contributed by atoms with van der Waals surface area (Å²) in [7, 11) is 1.85. The van der Waals surface area contributed by atoms with Crippen LogP contribution >= 0.6 is 11.8 Å². The second-order valence-corrected chi connectivity index (χ2v) is 6.47. The average molecular weight is 342 g/mol. The summed E-state index contributed by atoms with van der Waals surface area (Å²) in [6.45, 7) is 7.70. The molecule has 0 amide bonds. The van der Waals surface area contributed by atoms with Crippen molar-refractivity contribution in [2.75, 3.05) is 5.75 Å². The average Bonchev–Trinajstić information content (AvgIpc) is 3.10. The van der Waals surface area contributed by atoms with Gasteiger partial charge in [-0.15, -0.1) is 5.10 Å². The van der Waals surface area contributed by atoms with Gasteiger partial charge in [0.25, 0.3) is 5.56 Å². The number of para-hydroxylation sites is 1. The molecule has 0 N–H and O–H groups in total. The maximum Gasteiger partial charge on any atom is 0.297 e. The molecule has 7 nitrogen and oxygen atoms in total. The number of rotatable bonds is 5. The fourth-order valence-corrected chi connectivity index (χ4v) is 3.11. The lowest BCUT2D eigenvalue weighted by atomic mass is 10.3. The van der Waals surface area contributed by atoms with E-state index in [9.17, 15) is 4.79 Å². The van der Waals surface area contributed by atoms with Gasteiger partial charge in [-0.3, -0.25) is 9.48 Å². The van der Waals surface area contributed by atoms with Crippen LogP contribution in [-0.2, 0) is 7.05 Å². The molecule has 2 aromatic heterocycles. The minimum absolute atomic E-state index is 0.161. The van der Waals surface area contributed by atoms with E-state index in [1.807, 2.05) is 55.9 Å². The quantitative estimate of drug-likeness (QED) is 0.525. The number of hydrogen-bond donors (Lipinski definition) is 0. The fraction of sp³-hybridized carbons (Fsp3) is 0.250. The summed E-state index contributed by atoms with van der Waals surface area (Å²) in [6, 6.07) is 9.49. The number of thioether (sulfide) groups is 1. The molecule has 3 aromatic rings. The van der Waals surface area contributed by atoms with Crippen molar-refractivity contribution in [1.29, 1.82) is 0 Å². The van der Waals surface area contributed by atoms with Crippen molar-refractivity contribution >= 4 is 11.8 Å². The normalized spacial score (nSPS) is 11.0. The van der Waals surface area contributed by atoms with E-state index in [0.29, 0.717) is 16.6 Å². The van der Waals surface area contributed by atoms with E-state index in [1.54, 1.807) is 4.68 Å². The van der Waals surface area contributed by atoms with E-state index in [1.165, 1.54) is 16.4 Å². The van der Waals surface area contributed by atoms with Gasteiger partial charge in [-0.25, -0.2) is 4.68 Å². The lowest BCUT2D eigenvalue weighted by Gasteiger charge is -2.07. The summed E-state index contributed by atoms with van der Waals surface area (Å²) in [5.74, 6) is 0.694. The van der Waals surface area contributed by atoms with Gasteiger partial charge in [0.1, 0.15) is 0 Å². The van der Waals surface area contributed by atoms with E-state index in [4.69, 9.17) is 0 Å². The number of tetrazole rings is 1. The molecule has 0 aliphatic heterocycles. The highest BCUT2D eigenvalue weighted by Crippen LogP contribution is 2.21. The summed E-state index contributed by atoms with van der Waals surface area (Å²) in [5, 5.41) is 12.3. The van der Waals surface area contributed by atoms with Gasteiger partial charge in [0.05, 0.1) is 11.4 Å². The first-order chi connectivity index (χ1) is 11.5. The SMILES string of the molecule is C=C(C)CSc1nnnn1-c1c(C)n(C)n(-c2ccccc2)c1=O.